The zero-order valence-corrected chi connectivity index (χ0v) is 11.3. The summed E-state index contributed by atoms with van der Waals surface area (Å²) >= 11 is 0. The predicted octanol–water partition coefficient (Wildman–Crippen LogP) is 2.44. The monoisotopic (exact) mass is 250 g/mol. The van der Waals surface area contributed by atoms with E-state index in [9.17, 15) is 4.79 Å². The average Bonchev–Trinajstić information content (AvgIpc) is 2.65. The summed E-state index contributed by atoms with van der Waals surface area (Å²) in [4.78, 5) is 15.4. The predicted molar refractivity (Wildman–Crippen MR) is 69.7 cm³/mol. The molecule has 0 saturated heterocycles. The number of hydrogen-bond donors (Lipinski definition) is 1. The lowest BCUT2D eigenvalue weighted by molar-refractivity contribution is -0.137. The molecule has 0 aliphatic carbocycles. The van der Waals surface area contributed by atoms with E-state index < -0.39 is 5.97 Å². The van der Waals surface area contributed by atoms with Crippen LogP contribution in [-0.2, 0) is 30.6 Å². The molecule has 0 atom stereocenters. The van der Waals surface area contributed by atoms with E-state index in [0.717, 1.165) is 25.2 Å². The molecular formula is C14H22N2O2. The summed E-state index contributed by atoms with van der Waals surface area (Å²) in [6.45, 7) is 5.41. The average molecular weight is 250 g/mol. The van der Waals surface area contributed by atoms with Crippen LogP contribution in [0.2, 0.25) is 0 Å². The number of imidazole rings is 1. The highest BCUT2D eigenvalue weighted by Gasteiger charge is 2.20. The van der Waals surface area contributed by atoms with Gasteiger partial charge >= 0.3 is 5.97 Å². The highest BCUT2D eigenvalue weighted by Crippen LogP contribution is 2.23. The molecule has 0 saturated carbocycles. The minimum Gasteiger partial charge on any atom is -0.481 e. The van der Waals surface area contributed by atoms with E-state index in [4.69, 9.17) is 10.1 Å². The second-order valence-electron chi connectivity index (χ2n) is 5.52. The van der Waals surface area contributed by atoms with Crippen LogP contribution in [0.15, 0.2) is 0 Å². The first-order valence-corrected chi connectivity index (χ1v) is 6.87. The fraction of sp³-hybridized carbons (Fsp3) is 0.714. The number of carbonyl (C=O) groups is 1. The van der Waals surface area contributed by atoms with Gasteiger partial charge in [0.25, 0.3) is 0 Å². The molecule has 1 aromatic heterocycles. The molecule has 0 amide bonds. The molecule has 2 heterocycles. The highest BCUT2D eigenvalue weighted by atomic mass is 16.4. The quantitative estimate of drug-likeness (QED) is 0.873. The maximum absolute atomic E-state index is 10.7. The van der Waals surface area contributed by atoms with Crippen LogP contribution in [-0.4, -0.2) is 20.6 Å². The van der Waals surface area contributed by atoms with Gasteiger partial charge in [-0.15, -0.1) is 0 Å². The fourth-order valence-electron chi connectivity index (χ4n) is 2.66. The van der Waals surface area contributed by atoms with Crippen molar-refractivity contribution in [1.82, 2.24) is 9.55 Å². The van der Waals surface area contributed by atoms with Gasteiger partial charge in [0, 0.05) is 18.7 Å². The molecule has 0 aromatic carbocycles. The molecule has 1 aromatic rings. The third-order valence-corrected chi connectivity index (χ3v) is 3.44. The molecule has 2 rings (SSSR count). The van der Waals surface area contributed by atoms with Crippen LogP contribution in [0.4, 0.5) is 0 Å². The Bertz CT molecular complexity index is 435. The molecule has 0 radical (unpaired) electrons. The van der Waals surface area contributed by atoms with E-state index in [1.165, 1.54) is 24.2 Å². The normalized spacial score (nSPS) is 14.8. The maximum atomic E-state index is 10.7. The SMILES string of the molecule is CC(C)Cc1nc(CCC(=O)O)n2c1CCCC2. The van der Waals surface area contributed by atoms with Crippen molar-refractivity contribution in [3.8, 4) is 0 Å². The third kappa shape index (κ3) is 2.92. The Morgan fingerprint density at radius 2 is 2.22 bits per heavy atom. The van der Waals surface area contributed by atoms with Crippen LogP contribution >= 0.6 is 0 Å². The minimum absolute atomic E-state index is 0.178. The zero-order chi connectivity index (χ0) is 13.1. The van der Waals surface area contributed by atoms with Gasteiger partial charge < -0.3 is 9.67 Å². The van der Waals surface area contributed by atoms with Crippen molar-refractivity contribution in [2.75, 3.05) is 0 Å². The Kier molecular flexibility index (Phi) is 4.04. The van der Waals surface area contributed by atoms with Gasteiger partial charge in [-0.25, -0.2) is 4.98 Å². The minimum atomic E-state index is -0.742. The van der Waals surface area contributed by atoms with Gasteiger partial charge in [-0.3, -0.25) is 4.79 Å². The number of hydrogen-bond acceptors (Lipinski definition) is 2. The van der Waals surface area contributed by atoms with Gasteiger partial charge in [-0.2, -0.15) is 0 Å². The highest BCUT2D eigenvalue weighted by molar-refractivity contribution is 5.66. The third-order valence-electron chi connectivity index (χ3n) is 3.44. The molecule has 4 nitrogen and oxygen atoms in total. The second-order valence-corrected chi connectivity index (χ2v) is 5.52. The molecule has 0 fully saturated rings. The zero-order valence-electron chi connectivity index (χ0n) is 11.3. The topological polar surface area (TPSA) is 55.1 Å². The number of fused-ring (bicyclic) bond motifs is 1. The summed E-state index contributed by atoms with van der Waals surface area (Å²) in [7, 11) is 0. The molecule has 4 heteroatoms. The molecule has 1 aliphatic heterocycles. The van der Waals surface area contributed by atoms with Crippen molar-refractivity contribution < 1.29 is 9.90 Å². The Balaban J connectivity index is 2.23. The Hall–Kier alpha value is -1.32. The van der Waals surface area contributed by atoms with Crippen LogP contribution in [0.3, 0.4) is 0 Å². The molecular weight excluding hydrogens is 228 g/mol. The smallest absolute Gasteiger partial charge is 0.303 e. The molecule has 0 unspecified atom stereocenters. The number of nitrogens with zero attached hydrogens (tertiary/aromatic N) is 2. The van der Waals surface area contributed by atoms with E-state index >= 15 is 0 Å². The van der Waals surface area contributed by atoms with Crippen molar-refractivity contribution in [2.45, 2.75) is 58.9 Å². The summed E-state index contributed by atoms with van der Waals surface area (Å²) in [6.07, 6.45) is 5.25. The Morgan fingerprint density at radius 1 is 1.44 bits per heavy atom. The summed E-state index contributed by atoms with van der Waals surface area (Å²) in [5.41, 5.74) is 2.56. The van der Waals surface area contributed by atoms with Crippen molar-refractivity contribution in [3.63, 3.8) is 0 Å². The Morgan fingerprint density at radius 3 is 2.89 bits per heavy atom. The second kappa shape index (κ2) is 5.55. The number of rotatable bonds is 5. The van der Waals surface area contributed by atoms with Gasteiger partial charge in [-0.05, 0) is 31.6 Å². The van der Waals surface area contributed by atoms with Gasteiger partial charge in [0.05, 0.1) is 12.1 Å². The summed E-state index contributed by atoms with van der Waals surface area (Å²) in [5, 5.41) is 8.79. The van der Waals surface area contributed by atoms with E-state index in [1.807, 2.05) is 0 Å². The van der Waals surface area contributed by atoms with Crippen molar-refractivity contribution >= 4 is 5.97 Å². The fourth-order valence-corrected chi connectivity index (χ4v) is 2.66. The van der Waals surface area contributed by atoms with Crippen molar-refractivity contribution in [2.24, 2.45) is 5.92 Å². The molecule has 0 spiro atoms. The number of carboxylic acid groups (broad SMARTS) is 1. The van der Waals surface area contributed by atoms with Crippen LogP contribution in [0.1, 0.15) is 50.3 Å². The lowest BCUT2D eigenvalue weighted by Crippen LogP contribution is -2.14. The van der Waals surface area contributed by atoms with Crippen LogP contribution < -0.4 is 0 Å². The number of aliphatic carboxylic acids is 1. The van der Waals surface area contributed by atoms with Crippen LogP contribution in [0.5, 0.6) is 0 Å². The van der Waals surface area contributed by atoms with E-state index in [1.54, 1.807) is 0 Å². The summed E-state index contributed by atoms with van der Waals surface area (Å²) in [5.74, 6) is 0.829. The largest absolute Gasteiger partial charge is 0.481 e. The molecule has 1 N–H and O–H groups in total. The summed E-state index contributed by atoms with van der Waals surface area (Å²) in [6, 6.07) is 0. The molecule has 100 valence electrons. The van der Waals surface area contributed by atoms with E-state index in [0.29, 0.717) is 12.3 Å². The van der Waals surface area contributed by atoms with E-state index in [2.05, 4.69) is 18.4 Å². The summed E-state index contributed by atoms with van der Waals surface area (Å²) < 4.78 is 2.27. The van der Waals surface area contributed by atoms with E-state index in [-0.39, 0.29) is 6.42 Å². The van der Waals surface area contributed by atoms with Crippen LogP contribution in [0.25, 0.3) is 0 Å². The first-order chi connectivity index (χ1) is 8.58. The standard InChI is InChI=1S/C14H22N2O2/c1-10(2)9-11-12-5-3-4-8-16(12)13(15-11)6-7-14(17)18/h10H,3-9H2,1-2H3,(H,17,18). The first kappa shape index (κ1) is 13.1. The number of aromatic nitrogens is 2. The van der Waals surface area contributed by atoms with Crippen LogP contribution in [0, 0.1) is 5.92 Å². The van der Waals surface area contributed by atoms with Gasteiger partial charge in [0.2, 0.25) is 0 Å². The van der Waals surface area contributed by atoms with Crippen molar-refractivity contribution in [1.29, 1.82) is 0 Å². The van der Waals surface area contributed by atoms with Crippen molar-refractivity contribution in [3.05, 3.63) is 17.2 Å². The van der Waals surface area contributed by atoms with Gasteiger partial charge in [-0.1, -0.05) is 13.8 Å². The van der Waals surface area contributed by atoms with Gasteiger partial charge in [0.1, 0.15) is 5.82 Å². The van der Waals surface area contributed by atoms with Gasteiger partial charge in [0.15, 0.2) is 0 Å². The molecule has 0 bridgehead atoms. The number of carboxylic acids is 1. The number of aryl methyl sites for hydroxylation is 1. The first-order valence-electron chi connectivity index (χ1n) is 6.87. The lowest BCUT2D eigenvalue weighted by Gasteiger charge is -2.17. The maximum Gasteiger partial charge on any atom is 0.303 e. The Labute approximate surface area is 108 Å². The molecule has 1 aliphatic rings. The molecule has 18 heavy (non-hydrogen) atoms. The lowest BCUT2D eigenvalue weighted by atomic mass is 10.0.